The molecule has 106 valence electrons. The molecule has 0 bridgehead atoms. The molecule has 0 unspecified atom stereocenters. The van der Waals surface area contributed by atoms with E-state index in [4.69, 9.17) is 5.11 Å². The van der Waals surface area contributed by atoms with Crippen LogP contribution < -0.4 is 5.32 Å². The molecular formula is C14H15NO3S2. The van der Waals surface area contributed by atoms with Gasteiger partial charge >= 0.3 is 5.97 Å². The van der Waals surface area contributed by atoms with E-state index < -0.39 is 17.3 Å². The van der Waals surface area contributed by atoms with Gasteiger partial charge in [-0.05, 0) is 30.5 Å². The van der Waals surface area contributed by atoms with Crippen molar-refractivity contribution in [1.82, 2.24) is 0 Å². The van der Waals surface area contributed by atoms with Crippen LogP contribution in [-0.4, -0.2) is 28.5 Å². The van der Waals surface area contributed by atoms with Gasteiger partial charge in [0.2, 0.25) is 5.91 Å². The van der Waals surface area contributed by atoms with E-state index in [9.17, 15) is 9.59 Å². The van der Waals surface area contributed by atoms with Crippen molar-refractivity contribution >= 4 is 41.1 Å². The van der Waals surface area contributed by atoms with Crippen LogP contribution in [0.15, 0.2) is 24.3 Å². The smallest absolute Gasteiger partial charge is 0.319 e. The molecule has 1 amide bonds. The second-order valence-electron chi connectivity index (χ2n) is 5.04. The predicted octanol–water partition coefficient (Wildman–Crippen LogP) is 2.97. The molecular weight excluding hydrogens is 294 g/mol. The van der Waals surface area contributed by atoms with Gasteiger partial charge in [0.15, 0.2) is 0 Å². The van der Waals surface area contributed by atoms with Crippen molar-refractivity contribution in [3.63, 3.8) is 0 Å². The van der Waals surface area contributed by atoms with Gasteiger partial charge in [0.05, 0.1) is 4.58 Å². The topological polar surface area (TPSA) is 66.4 Å². The van der Waals surface area contributed by atoms with E-state index in [2.05, 4.69) is 11.4 Å². The Hall–Kier alpha value is -1.14. The second-order valence-corrected chi connectivity index (χ2v) is 7.76. The molecule has 2 fully saturated rings. The van der Waals surface area contributed by atoms with Gasteiger partial charge in [0.1, 0.15) is 5.41 Å². The van der Waals surface area contributed by atoms with Gasteiger partial charge in [-0.25, -0.2) is 0 Å². The Labute approximate surface area is 125 Å². The summed E-state index contributed by atoms with van der Waals surface area (Å²) in [5, 5.41) is 11.9. The molecule has 1 aromatic carbocycles. The van der Waals surface area contributed by atoms with Crippen molar-refractivity contribution in [2.75, 3.05) is 16.8 Å². The fourth-order valence-corrected chi connectivity index (χ4v) is 5.07. The summed E-state index contributed by atoms with van der Waals surface area (Å²) in [6.45, 7) is 0. The van der Waals surface area contributed by atoms with Crippen LogP contribution in [0.5, 0.6) is 0 Å². The summed E-state index contributed by atoms with van der Waals surface area (Å²) in [4.78, 5) is 23.2. The lowest BCUT2D eigenvalue weighted by Crippen LogP contribution is -2.31. The van der Waals surface area contributed by atoms with Crippen LogP contribution in [0.2, 0.25) is 0 Å². The number of hydrogen-bond acceptors (Lipinski definition) is 4. The number of nitrogens with one attached hydrogen (secondary N) is 1. The van der Waals surface area contributed by atoms with Crippen LogP contribution in [0.1, 0.15) is 23.0 Å². The monoisotopic (exact) mass is 309 g/mol. The number of amides is 1. The minimum absolute atomic E-state index is 0.395. The van der Waals surface area contributed by atoms with E-state index in [-0.39, 0.29) is 0 Å². The average Bonchev–Trinajstić information content (AvgIpc) is 3.08. The number of hydrogen-bond donors (Lipinski definition) is 2. The predicted molar refractivity (Wildman–Crippen MR) is 82.0 cm³/mol. The van der Waals surface area contributed by atoms with Crippen LogP contribution in [0.4, 0.5) is 5.69 Å². The summed E-state index contributed by atoms with van der Waals surface area (Å²) < 4.78 is 0.418. The number of carboxylic acid groups (broad SMARTS) is 1. The highest BCUT2D eigenvalue weighted by molar-refractivity contribution is 8.19. The number of rotatable bonds is 4. The van der Waals surface area contributed by atoms with Crippen molar-refractivity contribution in [2.45, 2.75) is 17.4 Å². The van der Waals surface area contributed by atoms with Crippen molar-refractivity contribution < 1.29 is 14.7 Å². The molecule has 4 nitrogen and oxygen atoms in total. The highest BCUT2D eigenvalue weighted by Crippen LogP contribution is 2.47. The van der Waals surface area contributed by atoms with Crippen LogP contribution in [0.25, 0.3) is 0 Å². The molecule has 0 aromatic heterocycles. The summed E-state index contributed by atoms with van der Waals surface area (Å²) in [7, 11) is 0. The number of thioether (sulfide) groups is 2. The van der Waals surface area contributed by atoms with Crippen LogP contribution in [0.3, 0.4) is 0 Å². The van der Waals surface area contributed by atoms with Gasteiger partial charge in [0.25, 0.3) is 0 Å². The molecule has 20 heavy (non-hydrogen) atoms. The molecule has 2 aliphatic rings. The first-order chi connectivity index (χ1) is 9.62. The maximum absolute atomic E-state index is 12.1. The number of carbonyl (C=O) groups is 2. The van der Waals surface area contributed by atoms with Gasteiger partial charge in [-0.1, -0.05) is 12.1 Å². The first kappa shape index (κ1) is 13.8. The fourth-order valence-electron chi connectivity index (χ4n) is 2.23. The van der Waals surface area contributed by atoms with E-state index in [0.717, 1.165) is 11.5 Å². The number of carbonyl (C=O) groups excluding carboxylic acids is 1. The Morgan fingerprint density at radius 3 is 2.55 bits per heavy atom. The third-order valence-corrected chi connectivity index (χ3v) is 6.74. The minimum atomic E-state index is -1.19. The maximum Gasteiger partial charge on any atom is 0.319 e. The van der Waals surface area contributed by atoms with Crippen molar-refractivity contribution in [1.29, 1.82) is 0 Å². The lowest BCUT2D eigenvalue weighted by molar-refractivity contribution is -0.147. The minimum Gasteiger partial charge on any atom is -0.480 e. The van der Waals surface area contributed by atoms with Crippen molar-refractivity contribution in [3.05, 3.63) is 29.8 Å². The van der Waals surface area contributed by atoms with Gasteiger partial charge in [-0.2, -0.15) is 0 Å². The lowest BCUT2D eigenvalue weighted by Gasteiger charge is -2.13. The van der Waals surface area contributed by atoms with E-state index in [1.165, 1.54) is 5.56 Å². The maximum atomic E-state index is 12.1. The van der Waals surface area contributed by atoms with Gasteiger partial charge in [-0.3, -0.25) is 9.59 Å². The Morgan fingerprint density at radius 2 is 1.95 bits per heavy atom. The van der Waals surface area contributed by atoms with E-state index in [0.29, 0.717) is 23.1 Å². The molecule has 3 rings (SSSR count). The van der Waals surface area contributed by atoms with E-state index in [1.54, 1.807) is 0 Å². The molecule has 1 heterocycles. The Kier molecular flexibility index (Phi) is 3.69. The number of anilines is 1. The molecule has 1 saturated heterocycles. The summed E-state index contributed by atoms with van der Waals surface area (Å²) >= 11 is 3.80. The quantitative estimate of drug-likeness (QED) is 0.837. The zero-order valence-electron chi connectivity index (χ0n) is 10.8. The Bertz CT molecular complexity index is 551. The zero-order chi connectivity index (χ0) is 14.2. The lowest BCUT2D eigenvalue weighted by atomic mass is 10.1. The summed E-state index contributed by atoms with van der Waals surface area (Å²) in [5.74, 6) is 0.879. The van der Waals surface area contributed by atoms with Crippen molar-refractivity contribution in [3.8, 4) is 0 Å². The number of aliphatic carboxylic acids is 1. The summed E-state index contributed by atoms with van der Waals surface area (Å²) in [6.07, 6.45) is 0.865. The van der Waals surface area contributed by atoms with Crippen LogP contribution in [0, 0.1) is 5.41 Å². The van der Waals surface area contributed by atoms with Gasteiger partial charge in [0, 0.05) is 17.2 Å². The summed E-state index contributed by atoms with van der Waals surface area (Å²) in [6, 6.07) is 7.72. The first-order valence-electron chi connectivity index (χ1n) is 6.50. The largest absolute Gasteiger partial charge is 0.480 e. The number of carboxylic acids is 1. The molecule has 1 aliphatic heterocycles. The Morgan fingerprint density at radius 1 is 1.25 bits per heavy atom. The van der Waals surface area contributed by atoms with Gasteiger partial charge < -0.3 is 10.4 Å². The second kappa shape index (κ2) is 5.33. The third kappa shape index (κ3) is 2.54. The molecule has 0 radical (unpaired) electrons. The molecule has 1 aliphatic carbocycles. The van der Waals surface area contributed by atoms with E-state index in [1.807, 2.05) is 41.7 Å². The highest BCUT2D eigenvalue weighted by Gasteiger charge is 2.57. The van der Waals surface area contributed by atoms with Gasteiger partial charge in [-0.15, -0.1) is 23.5 Å². The molecule has 0 atom stereocenters. The SMILES string of the molecule is O=C(O)C1(C(=O)Nc2cccc(C3SCCS3)c2)CC1. The summed E-state index contributed by atoms with van der Waals surface area (Å²) in [5.41, 5.74) is 0.677. The number of benzene rings is 1. The highest BCUT2D eigenvalue weighted by atomic mass is 32.2. The van der Waals surface area contributed by atoms with Crippen LogP contribution >= 0.6 is 23.5 Å². The molecule has 1 aromatic rings. The normalized spacial score (nSPS) is 20.6. The average molecular weight is 309 g/mol. The molecule has 6 heteroatoms. The Balaban J connectivity index is 1.73. The zero-order valence-corrected chi connectivity index (χ0v) is 12.4. The molecule has 0 spiro atoms. The first-order valence-corrected chi connectivity index (χ1v) is 8.60. The third-order valence-electron chi connectivity index (χ3n) is 3.63. The van der Waals surface area contributed by atoms with Crippen LogP contribution in [-0.2, 0) is 9.59 Å². The van der Waals surface area contributed by atoms with E-state index >= 15 is 0 Å². The van der Waals surface area contributed by atoms with Crippen molar-refractivity contribution in [2.24, 2.45) is 5.41 Å². The molecule has 2 N–H and O–H groups in total. The fraction of sp³-hybridized carbons (Fsp3) is 0.429. The standard InChI is InChI=1S/C14H15NO3S2/c16-12(14(4-5-14)13(17)18)15-10-3-1-2-9(8-10)11-19-6-7-20-11/h1-3,8,11H,4-7H2,(H,15,16)(H,17,18). The molecule has 1 saturated carbocycles.